The van der Waals surface area contributed by atoms with Crippen LogP contribution < -0.4 is 0 Å². The van der Waals surface area contributed by atoms with E-state index in [1.165, 1.54) is 16.7 Å². The monoisotopic (exact) mass is 284 g/mol. The number of methoxy groups -OCH3 is 1. The quantitative estimate of drug-likeness (QED) is 0.855. The Kier molecular flexibility index (Phi) is 2.94. The number of fused-ring (bicyclic) bond motifs is 5. The van der Waals surface area contributed by atoms with Crippen LogP contribution in [0.5, 0.6) is 0 Å². The van der Waals surface area contributed by atoms with E-state index in [0.29, 0.717) is 5.92 Å². The molecule has 0 aromatic heterocycles. The molecule has 112 valence electrons. The number of hydrogen-bond acceptors (Lipinski definition) is 2. The van der Waals surface area contributed by atoms with E-state index >= 15 is 0 Å². The van der Waals surface area contributed by atoms with Crippen molar-refractivity contribution in [3.05, 3.63) is 46.2 Å². The Hall–Kier alpha value is -1.28. The Balaban J connectivity index is 1.77. The van der Waals surface area contributed by atoms with Gasteiger partial charge in [-0.1, -0.05) is 19.1 Å². The van der Waals surface area contributed by atoms with Crippen molar-refractivity contribution in [1.29, 1.82) is 0 Å². The highest BCUT2D eigenvalue weighted by molar-refractivity contribution is 5.49. The summed E-state index contributed by atoms with van der Waals surface area (Å²) in [6.07, 6.45) is 8.42. The second-order valence-electron chi connectivity index (χ2n) is 7.18. The maximum Gasteiger partial charge on any atom is 0.0962 e. The fourth-order valence-electron chi connectivity index (χ4n) is 4.89. The SMILES string of the molecule is COC1=CCc2c(ccc3c2CCC2(C)C(O)CCC32)C1. The minimum atomic E-state index is -0.119. The Morgan fingerprint density at radius 3 is 2.90 bits per heavy atom. The van der Waals surface area contributed by atoms with Gasteiger partial charge in [0.15, 0.2) is 0 Å². The third-order valence-corrected chi connectivity index (χ3v) is 6.30. The summed E-state index contributed by atoms with van der Waals surface area (Å²) in [6.45, 7) is 2.29. The molecule has 0 amide bonds. The van der Waals surface area contributed by atoms with Crippen LogP contribution in [0, 0.1) is 5.41 Å². The molecule has 1 fully saturated rings. The Morgan fingerprint density at radius 2 is 2.10 bits per heavy atom. The van der Waals surface area contributed by atoms with Crippen molar-refractivity contribution >= 4 is 0 Å². The van der Waals surface area contributed by atoms with Crippen LogP contribution in [0.4, 0.5) is 0 Å². The van der Waals surface area contributed by atoms with E-state index in [1.807, 2.05) is 0 Å². The van der Waals surface area contributed by atoms with Gasteiger partial charge in [-0.05, 0) is 66.4 Å². The summed E-state index contributed by atoms with van der Waals surface area (Å²) in [5, 5.41) is 10.4. The number of benzene rings is 1. The standard InChI is InChI=1S/C19H24O2/c1-19-10-9-15-14-6-4-13(21-2)11-12(14)3-5-16(15)17(19)7-8-18(19)20/h3-5,17-18,20H,6-11H2,1-2H3. The molecule has 0 heterocycles. The third kappa shape index (κ3) is 1.81. The Bertz CT molecular complexity index is 616. The number of rotatable bonds is 1. The molecule has 0 spiro atoms. The zero-order chi connectivity index (χ0) is 14.6. The van der Waals surface area contributed by atoms with Crippen LogP contribution in [-0.2, 0) is 24.0 Å². The van der Waals surface area contributed by atoms with Crippen molar-refractivity contribution in [3.8, 4) is 0 Å². The number of ether oxygens (including phenoxy) is 1. The lowest BCUT2D eigenvalue weighted by Crippen LogP contribution is -2.35. The summed E-state index contributed by atoms with van der Waals surface area (Å²) >= 11 is 0. The van der Waals surface area contributed by atoms with Crippen LogP contribution in [-0.4, -0.2) is 18.3 Å². The van der Waals surface area contributed by atoms with Gasteiger partial charge in [-0.25, -0.2) is 0 Å². The molecule has 4 rings (SSSR count). The summed E-state index contributed by atoms with van der Waals surface area (Å²) in [4.78, 5) is 0. The predicted molar refractivity (Wildman–Crippen MR) is 83.4 cm³/mol. The zero-order valence-electron chi connectivity index (χ0n) is 13.0. The van der Waals surface area contributed by atoms with Gasteiger partial charge in [-0.15, -0.1) is 0 Å². The molecular formula is C19H24O2. The van der Waals surface area contributed by atoms with Crippen molar-refractivity contribution in [2.24, 2.45) is 5.41 Å². The van der Waals surface area contributed by atoms with Crippen LogP contribution >= 0.6 is 0 Å². The van der Waals surface area contributed by atoms with Crippen LogP contribution in [0.15, 0.2) is 24.0 Å². The molecule has 0 aliphatic heterocycles. The van der Waals surface area contributed by atoms with Gasteiger partial charge in [0.25, 0.3) is 0 Å². The molecule has 0 radical (unpaired) electrons. The molecule has 1 saturated carbocycles. The van der Waals surface area contributed by atoms with Crippen molar-refractivity contribution in [2.45, 2.75) is 57.5 Å². The molecule has 0 saturated heterocycles. The molecule has 3 aliphatic rings. The molecule has 0 bridgehead atoms. The largest absolute Gasteiger partial charge is 0.501 e. The summed E-state index contributed by atoms with van der Waals surface area (Å²) in [5.41, 5.74) is 6.18. The predicted octanol–water partition coefficient (Wildman–Crippen LogP) is 3.51. The molecule has 1 aromatic carbocycles. The molecule has 21 heavy (non-hydrogen) atoms. The maximum absolute atomic E-state index is 10.4. The van der Waals surface area contributed by atoms with E-state index in [4.69, 9.17) is 4.74 Å². The number of aliphatic hydroxyl groups is 1. The zero-order valence-corrected chi connectivity index (χ0v) is 13.0. The van der Waals surface area contributed by atoms with Gasteiger partial charge < -0.3 is 9.84 Å². The lowest BCUT2D eigenvalue weighted by atomic mass is 9.64. The third-order valence-electron chi connectivity index (χ3n) is 6.30. The van der Waals surface area contributed by atoms with E-state index in [0.717, 1.165) is 44.3 Å². The van der Waals surface area contributed by atoms with E-state index in [9.17, 15) is 5.11 Å². The van der Waals surface area contributed by atoms with Gasteiger partial charge >= 0.3 is 0 Å². The molecule has 1 aromatic rings. The highest BCUT2D eigenvalue weighted by atomic mass is 16.5. The first-order valence-electron chi connectivity index (χ1n) is 8.18. The fraction of sp³-hybridized carbons (Fsp3) is 0.579. The number of allylic oxidation sites excluding steroid dienone is 2. The molecule has 1 N–H and O–H groups in total. The van der Waals surface area contributed by atoms with Crippen LogP contribution in [0.25, 0.3) is 0 Å². The van der Waals surface area contributed by atoms with Gasteiger partial charge in [-0.2, -0.15) is 0 Å². The van der Waals surface area contributed by atoms with Gasteiger partial charge in [0.2, 0.25) is 0 Å². The smallest absolute Gasteiger partial charge is 0.0962 e. The Morgan fingerprint density at radius 1 is 1.24 bits per heavy atom. The van der Waals surface area contributed by atoms with E-state index in [1.54, 1.807) is 12.7 Å². The summed E-state index contributed by atoms with van der Waals surface area (Å²) < 4.78 is 5.42. The van der Waals surface area contributed by atoms with E-state index in [2.05, 4.69) is 25.1 Å². The fourth-order valence-corrected chi connectivity index (χ4v) is 4.89. The first kappa shape index (κ1) is 13.4. The van der Waals surface area contributed by atoms with Crippen LogP contribution in [0.3, 0.4) is 0 Å². The molecule has 3 atom stereocenters. The van der Waals surface area contributed by atoms with Gasteiger partial charge in [0, 0.05) is 11.8 Å². The Labute approximate surface area is 126 Å². The summed E-state index contributed by atoms with van der Waals surface area (Å²) in [5.74, 6) is 1.65. The first-order valence-corrected chi connectivity index (χ1v) is 8.18. The first-order chi connectivity index (χ1) is 10.1. The maximum atomic E-state index is 10.4. The van der Waals surface area contributed by atoms with E-state index in [-0.39, 0.29) is 11.5 Å². The summed E-state index contributed by atoms with van der Waals surface area (Å²) in [7, 11) is 1.76. The highest BCUT2D eigenvalue weighted by Gasteiger charge is 2.49. The normalized spacial score (nSPS) is 33.8. The number of hydrogen-bond donors (Lipinski definition) is 1. The number of aliphatic hydroxyl groups excluding tert-OH is 1. The molecular weight excluding hydrogens is 260 g/mol. The average Bonchev–Trinajstić information content (AvgIpc) is 2.82. The molecule has 3 unspecified atom stereocenters. The average molecular weight is 284 g/mol. The van der Waals surface area contributed by atoms with Crippen LogP contribution in [0.2, 0.25) is 0 Å². The lowest BCUT2D eigenvalue weighted by Gasteiger charge is -2.41. The van der Waals surface area contributed by atoms with Crippen LogP contribution in [0.1, 0.15) is 54.4 Å². The van der Waals surface area contributed by atoms with Gasteiger partial charge in [-0.3, -0.25) is 0 Å². The second kappa shape index (κ2) is 4.61. The highest BCUT2D eigenvalue weighted by Crippen LogP contribution is 2.56. The minimum Gasteiger partial charge on any atom is -0.501 e. The lowest BCUT2D eigenvalue weighted by molar-refractivity contribution is 0.0456. The van der Waals surface area contributed by atoms with Crippen molar-refractivity contribution in [3.63, 3.8) is 0 Å². The summed E-state index contributed by atoms with van der Waals surface area (Å²) in [6, 6.07) is 4.64. The molecule has 2 nitrogen and oxygen atoms in total. The minimum absolute atomic E-state index is 0.101. The topological polar surface area (TPSA) is 29.5 Å². The van der Waals surface area contributed by atoms with Gasteiger partial charge in [0.1, 0.15) is 0 Å². The molecule has 2 heteroatoms. The van der Waals surface area contributed by atoms with Crippen molar-refractivity contribution < 1.29 is 9.84 Å². The van der Waals surface area contributed by atoms with Gasteiger partial charge in [0.05, 0.1) is 19.0 Å². The second-order valence-corrected chi connectivity index (χ2v) is 7.18. The van der Waals surface area contributed by atoms with Crippen molar-refractivity contribution in [2.75, 3.05) is 7.11 Å². The molecule has 3 aliphatic carbocycles. The van der Waals surface area contributed by atoms with Crippen molar-refractivity contribution in [1.82, 2.24) is 0 Å². The van der Waals surface area contributed by atoms with E-state index < -0.39 is 0 Å².